The summed E-state index contributed by atoms with van der Waals surface area (Å²) in [4.78, 5) is 0. The van der Waals surface area contributed by atoms with Gasteiger partial charge in [0.1, 0.15) is 0 Å². The SMILES string of the molecule is Cc1ccc(-c2cc(Cl)c(I)cc2Cl)cc1. The third kappa shape index (κ3) is 2.53. The van der Waals surface area contributed by atoms with E-state index >= 15 is 0 Å². The van der Waals surface area contributed by atoms with Crippen LogP contribution in [0.1, 0.15) is 5.56 Å². The molecule has 0 aliphatic heterocycles. The molecule has 0 aliphatic carbocycles. The monoisotopic (exact) mass is 362 g/mol. The summed E-state index contributed by atoms with van der Waals surface area (Å²) in [6.07, 6.45) is 0. The second kappa shape index (κ2) is 4.94. The van der Waals surface area contributed by atoms with Crippen LogP contribution in [-0.4, -0.2) is 0 Å². The molecule has 0 saturated carbocycles. The highest BCUT2D eigenvalue weighted by Crippen LogP contribution is 2.33. The van der Waals surface area contributed by atoms with E-state index in [-0.39, 0.29) is 0 Å². The molecular formula is C13H9Cl2I. The van der Waals surface area contributed by atoms with Crippen LogP contribution in [0.5, 0.6) is 0 Å². The van der Waals surface area contributed by atoms with E-state index in [1.54, 1.807) is 0 Å². The second-order valence-electron chi connectivity index (χ2n) is 3.61. The molecule has 2 aromatic rings. The molecule has 0 heterocycles. The van der Waals surface area contributed by atoms with Gasteiger partial charge < -0.3 is 0 Å². The van der Waals surface area contributed by atoms with Gasteiger partial charge in [0.05, 0.1) is 5.02 Å². The van der Waals surface area contributed by atoms with E-state index in [0.717, 1.165) is 24.7 Å². The molecule has 0 saturated heterocycles. The van der Waals surface area contributed by atoms with Gasteiger partial charge in [0.15, 0.2) is 0 Å². The summed E-state index contributed by atoms with van der Waals surface area (Å²) in [6.45, 7) is 2.06. The van der Waals surface area contributed by atoms with Gasteiger partial charge in [-0.05, 0) is 47.2 Å². The minimum Gasteiger partial charge on any atom is -0.0836 e. The Morgan fingerprint density at radius 3 is 2.19 bits per heavy atom. The highest BCUT2D eigenvalue weighted by atomic mass is 127. The summed E-state index contributed by atoms with van der Waals surface area (Å²) in [5, 5.41) is 1.47. The Labute approximate surface area is 119 Å². The molecule has 2 rings (SSSR count). The van der Waals surface area contributed by atoms with Crippen molar-refractivity contribution in [3.8, 4) is 11.1 Å². The van der Waals surface area contributed by atoms with Crippen molar-refractivity contribution in [2.24, 2.45) is 0 Å². The quantitative estimate of drug-likeness (QED) is 0.459. The fourth-order valence-corrected chi connectivity index (χ4v) is 2.56. The molecule has 82 valence electrons. The molecule has 0 aliphatic rings. The summed E-state index contributed by atoms with van der Waals surface area (Å²) < 4.78 is 0.972. The summed E-state index contributed by atoms with van der Waals surface area (Å²) in [6, 6.07) is 12.0. The van der Waals surface area contributed by atoms with Gasteiger partial charge in [-0.25, -0.2) is 0 Å². The minimum absolute atomic E-state index is 0.734. The second-order valence-corrected chi connectivity index (χ2v) is 5.59. The highest BCUT2D eigenvalue weighted by molar-refractivity contribution is 14.1. The highest BCUT2D eigenvalue weighted by Gasteiger charge is 2.07. The molecule has 0 nitrogen and oxygen atoms in total. The zero-order chi connectivity index (χ0) is 11.7. The van der Waals surface area contributed by atoms with Crippen LogP contribution in [0.3, 0.4) is 0 Å². The molecular weight excluding hydrogens is 354 g/mol. The fourth-order valence-electron chi connectivity index (χ4n) is 1.48. The van der Waals surface area contributed by atoms with Crippen LogP contribution < -0.4 is 0 Å². The molecule has 3 heteroatoms. The fraction of sp³-hybridized carbons (Fsp3) is 0.0769. The van der Waals surface area contributed by atoms with Gasteiger partial charge in [0.25, 0.3) is 0 Å². The van der Waals surface area contributed by atoms with Crippen molar-refractivity contribution in [2.75, 3.05) is 0 Å². The molecule has 0 fully saturated rings. The van der Waals surface area contributed by atoms with Crippen LogP contribution >= 0.6 is 45.8 Å². The first-order valence-electron chi connectivity index (χ1n) is 4.79. The van der Waals surface area contributed by atoms with Crippen LogP contribution in [0.25, 0.3) is 11.1 Å². The first-order chi connectivity index (χ1) is 7.58. The van der Waals surface area contributed by atoms with Gasteiger partial charge in [-0.3, -0.25) is 0 Å². The summed E-state index contributed by atoms with van der Waals surface area (Å²) in [5.41, 5.74) is 3.30. The molecule has 0 atom stereocenters. The van der Waals surface area contributed by atoms with Crippen molar-refractivity contribution >= 4 is 45.8 Å². The maximum Gasteiger partial charge on any atom is 0.0546 e. The molecule has 0 bridgehead atoms. The molecule has 2 aromatic carbocycles. The van der Waals surface area contributed by atoms with Crippen molar-refractivity contribution in [3.63, 3.8) is 0 Å². The van der Waals surface area contributed by atoms with Gasteiger partial charge >= 0.3 is 0 Å². The number of hydrogen-bond donors (Lipinski definition) is 0. The lowest BCUT2D eigenvalue weighted by Gasteiger charge is -2.07. The Kier molecular flexibility index (Phi) is 3.77. The minimum atomic E-state index is 0.734. The Hall–Kier alpha value is -0.250. The molecule has 0 spiro atoms. The summed E-state index contributed by atoms with van der Waals surface area (Å²) in [7, 11) is 0. The first-order valence-corrected chi connectivity index (χ1v) is 6.63. The zero-order valence-electron chi connectivity index (χ0n) is 8.60. The number of halogens is 3. The number of hydrogen-bond acceptors (Lipinski definition) is 0. The van der Waals surface area contributed by atoms with Gasteiger partial charge in [-0.2, -0.15) is 0 Å². The van der Waals surface area contributed by atoms with Gasteiger partial charge in [0.2, 0.25) is 0 Å². The van der Waals surface area contributed by atoms with Crippen LogP contribution in [0.15, 0.2) is 36.4 Å². The Balaban J connectivity index is 2.56. The Morgan fingerprint density at radius 2 is 1.56 bits per heavy atom. The Bertz CT molecular complexity index is 518. The lowest BCUT2D eigenvalue weighted by Crippen LogP contribution is -1.83. The largest absolute Gasteiger partial charge is 0.0836 e. The normalized spacial score (nSPS) is 10.5. The van der Waals surface area contributed by atoms with Gasteiger partial charge in [-0.1, -0.05) is 53.0 Å². The van der Waals surface area contributed by atoms with E-state index in [4.69, 9.17) is 23.2 Å². The lowest BCUT2D eigenvalue weighted by atomic mass is 10.0. The van der Waals surface area contributed by atoms with Crippen molar-refractivity contribution in [3.05, 3.63) is 55.6 Å². The summed E-state index contributed by atoms with van der Waals surface area (Å²) >= 11 is 14.5. The van der Waals surface area contributed by atoms with Crippen LogP contribution in [0.4, 0.5) is 0 Å². The molecule has 0 radical (unpaired) electrons. The third-order valence-corrected chi connectivity index (χ3v) is 4.21. The molecule has 16 heavy (non-hydrogen) atoms. The maximum absolute atomic E-state index is 6.21. The molecule has 0 aromatic heterocycles. The van der Waals surface area contributed by atoms with E-state index < -0.39 is 0 Å². The van der Waals surface area contributed by atoms with E-state index in [9.17, 15) is 0 Å². The predicted octanol–water partition coefficient (Wildman–Crippen LogP) is 5.57. The maximum atomic E-state index is 6.21. The zero-order valence-corrected chi connectivity index (χ0v) is 12.3. The average molecular weight is 363 g/mol. The van der Waals surface area contributed by atoms with Crippen LogP contribution in [0, 0.1) is 10.5 Å². The van der Waals surface area contributed by atoms with Crippen molar-refractivity contribution in [1.82, 2.24) is 0 Å². The van der Waals surface area contributed by atoms with Crippen LogP contribution in [-0.2, 0) is 0 Å². The van der Waals surface area contributed by atoms with E-state index in [1.165, 1.54) is 5.56 Å². The van der Waals surface area contributed by atoms with Crippen LogP contribution in [0.2, 0.25) is 10.0 Å². The lowest BCUT2D eigenvalue weighted by molar-refractivity contribution is 1.47. The molecule has 0 amide bonds. The number of rotatable bonds is 1. The Morgan fingerprint density at radius 1 is 0.938 bits per heavy atom. The van der Waals surface area contributed by atoms with Crippen molar-refractivity contribution in [1.29, 1.82) is 0 Å². The van der Waals surface area contributed by atoms with E-state index in [0.29, 0.717) is 0 Å². The molecule has 0 N–H and O–H groups in total. The molecule has 0 unspecified atom stereocenters. The van der Waals surface area contributed by atoms with Crippen molar-refractivity contribution < 1.29 is 0 Å². The average Bonchev–Trinajstić information content (AvgIpc) is 2.25. The van der Waals surface area contributed by atoms with Gasteiger partial charge in [0, 0.05) is 14.2 Å². The summed E-state index contributed by atoms with van der Waals surface area (Å²) in [5.74, 6) is 0. The van der Waals surface area contributed by atoms with E-state index in [1.807, 2.05) is 12.1 Å². The third-order valence-electron chi connectivity index (χ3n) is 2.37. The number of aryl methyl sites for hydroxylation is 1. The van der Waals surface area contributed by atoms with Crippen molar-refractivity contribution in [2.45, 2.75) is 6.92 Å². The predicted molar refractivity (Wildman–Crippen MR) is 79.4 cm³/mol. The van der Waals surface area contributed by atoms with Gasteiger partial charge in [-0.15, -0.1) is 0 Å². The number of benzene rings is 2. The first kappa shape index (κ1) is 12.2. The standard InChI is InChI=1S/C13H9Cl2I/c1-8-2-4-9(5-3-8)10-6-12(15)13(16)7-11(10)14/h2-7H,1H3. The smallest absolute Gasteiger partial charge is 0.0546 e. The van der Waals surface area contributed by atoms with E-state index in [2.05, 4.69) is 53.8 Å². The topological polar surface area (TPSA) is 0 Å².